The van der Waals surface area contributed by atoms with E-state index in [0.29, 0.717) is 17.0 Å². The Morgan fingerprint density at radius 2 is 1.95 bits per heavy atom. The summed E-state index contributed by atoms with van der Waals surface area (Å²) in [7, 11) is 2.12. The predicted molar refractivity (Wildman–Crippen MR) is 84.5 cm³/mol. The summed E-state index contributed by atoms with van der Waals surface area (Å²) in [6.07, 6.45) is 3.89. The van der Waals surface area contributed by atoms with Gasteiger partial charge < -0.3 is 15.3 Å². The summed E-state index contributed by atoms with van der Waals surface area (Å²) in [6, 6.07) is 6.39. The molecule has 0 saturated heterocycles. The summed E-state index contributed by atoms with van der Waals surface area (Å²) in [4.78, 5) is 13.8. The van der Waals surface area contributed by atoms with Crippen molar-refractivity contribution in [1.29, 1.82) is 0 Å². The lowest BCUT2D eigenvalue weighted by Crippen LogP contribution is -2.37. The van der Waals surface area contributed by atoms with Crippen molar-refractivity contribution in [2.45, 2.75) is 51.7 Å². The van der Waals surface area contributed by atoms with E-state index in [4.69, 9.17) is 0 Å². The number of fused-ring (bicyclic) bond motifs is 1. The lowest BCUT2D eigenvalue weighted by atomic mass is 9.75. The van der Waals surface area contributed by atoms with Gasteiger partial charge >= 0.3 is 0 Å². The Labute approximate surface area is 126 Å². The average molecular weight is 288 g/mol. The molecule has 1 amide bonds. The number of rotatable bonds is 2. The van der Waals surface area contributed by atoms with Crippen LogP contribution in [0.2, 0.25) is 0 Å². The Hall–Kier alpha value is -1.55. The molecule has 114 valence electrons. The molecule has 2 N–H and O–H groups in total. The van der Waals surface area contributed by atoms with Gasteiger partial charge in [-0.1, -0.05) is 19.9 Å². The van der Waals surface area contributed by atoms with Crippen molar-refractivity contribution in [3.8, 4) is 0 Å². The molecule has 0 spiro atoms. The van der Waals surface area contributed by atoms with Gasteiger partial charge in [0.2, 0.25) is 0 Å². The van der Waals surface area contributed by atoms with Crippen LogP contribution in [-0.4, -0.2) is 24.1 Å². The summed E-state index contributed by atoms with van der Waals surface area (Å²) in [5.41, 5.74) is 3.00. The number of nitrogens with zero attached hydrogens (tertiary/aromatic N) is 1. The van der Waals surface area contributed by atoms with Crippen LogP contribution in [0.3, 0.4) is 0 Å². The van der Waals surface area contributed by atoms with Gasteiger partial charge in [-0.05, 0) is 43.2 Å². The Balaban J connectivity index is 1.76. The highest BCUT2D eigenvalue weighted by Gasteiger charge is 2.31. The van der Waals surface area contributed by atoms with E-state index in [2.05, 4.69) is 31.1 Å². The maximum Gasteiger partial charge on any atom is 0.257 e. The topological polar surface area (TPSA) is 52.6 Å². The van der Waals surface area contributed by atoms with Crippen LogP contribution in [0.5, 0.6) is 0 Å². The van der Waals surface area contributed by atoms with Crippen LogP contribution in [0.4, 0.5) is 11.4 Å². The van der Waals surface area contributed by atoms with E-state index in [-0.39, 0.29) is 5.91 Å². The molecule has 1 aliphatic carbocycles. The first-order chi connectivity index (χ1) is 9.87. The summed E-state index contributed by atoms with van der Waals surface area (Å²) in [6.45, 7) is 4.69. The van der Waals surface area contributed by atoms with Gasteiger partial charge in [0.15, 0.2) is 6.10 Å². The van der Waals surface area contributed by atoms with Gasteiger partial charge in [-0.15, -0.1) is 0 Å². The van der Waals surface area contributed by atoms with Crippen molar-refractivity contribution in [3.05, 3.63) is 23.8 Å². The van der Waals surface area contributed by atoms with Crippen molar-refractivity contribution in [3.63, 3.8) is 0 Å². The Bertz CT molecular complexity index is 558. The maximum atomic E-state index is 11.5. The van der Waals surface area contributed by atoms with E-state index in [1.165, 1.54) is 25.7 Å². The van der Waals surface area contributed by atoms with Crippen LogP contribution in [0.25, 0.3) is 0 Å². The second kappa shape index (κ2) is 5.02. The molecule has 1 atom stereocenters. The minimum absolute atomic E-state index is 0.329. The van der Waals surface area contributed by atoms with Crippen LogP contribution >= 0.6 is 0 Å². The van der Waals surface area contributed by atoms with Crippen molar-refractivity contribution in [2.75, 3.05) is 17.3 Å². The lowest BCUT2D eigenvalue weighted by molar-refractivity contribution is -0.123. The van der Waals surface area contributed by atoms with Gasteiger partial charge in [-0.3, -0.25) is 4.79 Å². The first-order valence-corrected chi connectivity index (χ1v) is 7.73. The number of aliphatic hydroxyl groups is 1. The molecule has 1 fully saturated rings. The molecule has 0 radical (unpaired) electrons. The molecule has 0 aromatic heterocycles. The van der Waals surface area contributed by atoms with Crippen LogP contribution in [0, 0.1) is 5.41 Å². The molecule has 4 nitrogen and oxygen atoms in total. The smallest absolute Gasteiger partial charge is 0.257 e. The van der Waals surface area contributed by atoms with Crippen LogP contribution in [-0.2, 0) is 4.79 Å². The van der Waals surface area contributed by atoms with Gasteiger partial charge in [0.05, 0.1) is 0 Å². The van der Waals surface area contributed by atoms with E-state index in [1.54, 1.807) is 0 Å². The number of nitrogens with one attached hydrogen (secondary N) is 1. The SMILES string of the molecule is CN(c1ccc2c(c1)NC(=O)C2O)C1CCC(C)(C)CC1. The van der Waals surface area contributed by atoms with Crippen LogP contribution in [0.1, 0.15) is 51.2 Å². The fraction of sp³-hybridized carbons (Fsp3) is 0.588. The van der Waals surface area contributed by atoms with Crippen molar-refractivity contribution in [1.82, 2.24) is 0 Å². The highest BCUT2D eigenvalue weighted by molar-refractivity contribution is 6.02. The second-order valence-electron chi connectivity index (χ2n) is 7.17. The Morgan fingerprint density at radius 3 is 2.62 bits per heavy atom. The molecular weight excluding hydrogens is 264 g/mol. The van der Waals surface area contributed by atoms with Crippen molar-refractivity contribution < 1.29 is 9.90 Å². The highest BCUT2D eigenvalue weighted by Crippen LogP contribution is 2.39. The molecule has 1 unspecified atom stereocenters. The number of benzene rings is 1. The van der Waals surface area contributed by atoms with Gasteiger partial charge in [0.25, 0.3) is 5.91 Å². The standard InChI is InChI=1S/C17H24N2O2/c1-17(2)8-6-11(7-9-17)19(3)12-4-5-13-14(10-12)18-16(21)15(13)20/h4-5,10-11,15,20H,6-9H2,1-3H3,(H,18,21). The summed E-state index contributed by atoms with van der Waals surface area (Å²) in [5, 5.41) is 12.5. The van der Waals surface area contributed by atoms with E-state index >= 15 is 0 Å². The fourth-order valence-electron chi connectivity index (χ4n) is 3.43. The minimum Gasteiger partial charge on any atom is -0.378 e. The third-order valence-corrected chi connectivity index (χ3v) is 5.10. The zero-order valence-corrected chi connectivity index (χ0v) is 13.0. The highest BCUT2D eigenvalue weighted by atomic mass is 16.3. The van der Waals surface area contributed by atoms with E-state index in [9.17, 15) is 9.90 Å². The predicted octanol–water partition coefficient (Wildman–Crippen LogP) is 3.08. The Morgan fingerprint density at radius 1 is 1.29 bits per heavy atom. The summed E-state index contributed by atoms with van der Waals surface area (Å²) in [5.74, 6) is -0.329. The van der Waals surface area contributed by atoms with Gasteiger partial charge in [0, 0.05) is 30.0 Å². The molecule has 1 aliphatic heterocycles. The largest absolute Gasteiger partial charge is 0.378 e. The van der Waals surface area contributed by atoms with Crippen LogP contribution < -0.4 is 10.2 Å². The average Bonchev–Trinajstić information content (AvgIpc) is 2.73. The maximum absolute atomic E-state index is 11.5. The number of carbonyl (C=O) groups excluding carboxylic acids is 1. The molecule has 1 saturated carbocycles. The quantitative estimate of drug-likeness (QED) is 0.879. The van der Waals surface area contributed by atoms with E-state index < -0.39 is 6.10 Å². The van der Waals surface area contributed by atoms with Crippen molar-refractivity contribution in [2.24, 2.45) is 5.41 Å². The van der Waals surface area contributed by atoms with Crippen molar-refractivity contribution >= 4 is 17.3 Å². The number of carbonyl (C=O) groups is 1. The van der Waals surface area contributed by atoms with E-state index in [1.807, 2.05) is 18.2 Å². The first-order valence-electron chi connectivity index (χ1n) is 7.73. The molecule has 1 aromatic carbocycles. The molecule has 21 heavy (non-hydrogen) atoms. The Kier molecular flexibility index (Phi) is 3.44. The van der Waals surface area contributed by atoms with E-state index in [0.717, 1.165) is 11.4 Å². The number of aliphatic hydroxyl groups excluding tert-OH is 1. The number of hydrogen-bond acceptors (Lipinski definition) is 3. The zero-order chi connectivity index (χ0) is 15.2. The molecule has 1 heterocycles. The third-order valence-electron chi connectivity index (χ3n) is 5.10. The second-order valence-corrected chi connectivity index (χ2v) is 7.17. The normalized spacial score (nSPS) is 24.6. The lowest BCUT2D eigenvalue weighted by Gasteiger charge is -2.39. The number of hydrogen-bond donors (Lipinski definition) is 2. The molecular formula is C17H24N2O2. The molecule has 0 bridgehead atoms. The molecule has 2 aliphatic rings. The van der Waals surface area contributed by atoms with Crippen LogP contribution in [0.15, 0.2) is 18.2 Å². The monoisotopic (exact) mass is 288 g/mol. The molecule has 3 rings (SSSR count). The summed E-state index contributed by atoms with van der Waals surface area (Å²) < 4.78 is 0. The fourth-order valence-corrected chi connectivity index (χ4v) is 3.43. The zero-order valence-electron chi connectivity index (χ0n) is 13.0. The summed E-state index contributed by atoms with van der Waals surface area (Å²) >= 11 is 0. The van der Waals surface area contributed by atoms with Gasteiger partial charge in [-0.25, -0.2) is 0 Å². The minimum atomic E-state index is -1.02. The number of anilines is 2. The molecule has 1 aromatic rings. The van der Waals surface area contributed by atoms with Gasteiger partial charge in [0.1, 0.15) is 0 Å². The first kappa shape index (κ1) is 14.4. The third kappa shape index (κ3) is 2.64. The number of amides is 1. The van der Waals surface area contributed by atoms with Gasteiger partial charge in [-0.2, -0.15) is 0 Å². The molecule has 4 heteroatoms.